The van der Waals surface area contributed by atoms with E-state index in [0.29, 0.717) is 33.9 Å². The van der Waals surface area contributed by atoms with E-state index in [4.69, 9.17) is 0 Å². The predicted octanol–water partition coefficient (Wildman–Crippen LogP) is 3.74. The summed E-state index contributed by atoms with van der Waals surface area (Å²) in [6.07, 6.45) is 0.789. The van der Waals surface area contributed by atoms with Crippen LogP contribution in [-0.2, 0) is 11.3 Å². The van der Waals surface area contributed by atoms with E-state index in [0.717, 1.165) is 6.42 Å². The van der Waals surface area contributed by atoms with Crippen LogP contribution >= 0.6 is 11.8 Å². The van der Waals surface area contributed by atoms with Crippen LogP contribution in [0.4, 0.5) is 5.69 Å². The van der Waals surface area contributed by atoms with Crippen LogP contribution in [0.25, 0.3) is 10.9 Å². The molecule has 0 spiro atoms. The van der Waals surface area contributed by atoms with E-state index in [1.54, 1.807) is 41.0 Å². The lowest BCUT2D eigenvalue weighted by atomic mass is 10.1. The van der Waals surface area contributed by atoms with Crippen molar-refractivity contribution in [1.29, 1.82) is 0 Å². The molecule has 0 unspecified atom stereocenters. The van der Waals surface area contributed by atoms with Gasteiger partial charge in [0.25, 0.3) is 5.56 Å². The first kappa shape index (κ1) is 19.8. The summed E-state index contributed by atoms with van der Waals surface area (Å²) >= 11 is 1.23. The number of nitrogens with zero attached hydrogens (tertiary/aromatic N) is 2. The number of hydrogen-bond acceptors (Lipinski definition) is 5. The number of para-hydroxylation sites is 1. The van der Waals surface area contributed by atoms with Crippen molar-refractivity contribution >= 4 is 40.0 Å². The maximum atomic E-state index is 12.8. The van der Waals surface area contributed by atoms with Crippen molar-refractivity contribution in [2.75, 3.05) is 11.1 Å². The summed E-state index contributed by atoms with van der Waals surface area (Å²) in [7, 11) is 0. The number of amides is 1. The fourth-order valence-electron chi connectivity index (χ4n) is 2.82. The highest BCUT2D eigenvalue weighted by Crippen LogP contribution is 2.19. The van der Waals surface area contributed by atoms with E-state index in [2.05, 4.69) is 10.3 Å². The van der Waals surface area contributed by atoms with Gasteiger partial charge in [0.15, 0.2) is 10.9 Å². The highest BCUT2D eigenvalue weighted by atomic mass is 32.2. The molecular formula is C21H21N3O3S. The zero-order valence-corrected chi connectivity index (χ0v) is 16.6. The molecule has 0 radical (unpaired) electrons. The summed E-state index contributed by atoms with van der Waals surface area (Å²) < 4.78 is 1.62. The lowest BCUT2D eigenvalue weighted by Gasteiger charge is -2.12. The molecule has 0 saturated heterocycles. The summed E-state index contributed by atoms with van der Waals surface area (Å²) in [5.41, 5.74) is 1.63. The predicted molar refractivity (Wildman–Crippen MR) is 112 cm³/mol. The molecule has 1 N–H and O–H groups in total. The molecule has 6 nitrogen and oxygen atoms in total. The van der Waals surface area contributed by atoms with Crippen molar-refractivity contribution in [3.8, 4) is 0 Å². The molecule has 1 aromatic heterocycles. The molecule has 1 amide bonds. The average molecular weight is 395 g/mol. The number of rotatable bonds is 7. The zero-order valence-electron chi connectivity index (χ0n) is 15.8. The largest absolute Gasteiger partial charge is 0.325 e. The Balaban J connectivity index is 1.78. The van der Waals surface area contributed by atoms with Gasteiger partial charge in [-0.05, 0) is 37.6 Å². The summed E-state index contributed by atoms with van der Waals surface area (Å²) in [6.45, 7) is 4.02. The Labute approximate surface area is 167 Å². The van der Waals surface area contributed by atoms with E-state index in [1.807, 2.05) is 19.1 Å². The maximum absolute atomic E-state index is 12.8. The van der Waals surface area contributed by atoms with Crippen LogP contribution in [0.15, 0.2) is 58.5 Å². The van der Waals surface area contributed by atoms with Gasteiger partial charge in [-0.1, -0.05) is 43.0 Å². The fraction of sp³-hybridized carbons (Fsp3) is 0.238. The SMILES string of the molecule is CCCn1c(SCC(=O)Nc2cccc(C(C)=O)c2)nc2ccccc2c1=O. The molecule has 0 aliphatic heterocycles. The van der Waals surface area contributed by atoms with Crippen LogP contribution in [0.3, 0.4) is 0 Å². The number of thioether (sulfide) groups is 1. The molecule has 0 bridgehead atoms. The van der Waals surface area contributed by atoms with Gasteiger partial charge in [-0.15, -0.1) is 0 Å². The number of hydrogen-bond donors (Lipinski definition) is 1. The first-order chi connectivity index (χ1) is 13.5. The van der Waals surface area contributed by atoms with E-state index >= 15 is 0 Å². The highest BCUT2D eigenvalue weighted by Gasteiger charge is 2.13. The quantitative estimate of drug-likeness (QED) is 0.374. The van der Waals surface area contributed by atoms with Gasteiger partial charge in [-0.3, -0.25) is 19.0 Å². The lowest BCUT2D eigenvalue weighted by molar-refractivity contribution is -0.113. The Morgan fingerprint density at radius 3 is 2.68 bits per heavy atom. The lowest BCUT2D eigenvalue weighted by Crippen LogP contribution is -2.24. The third kappa shape index (κ3) is 4.48. The summed E-state index contributed by atoms with van der Waals surface area (Å²) in [6, 6.07) is 14.0. The average Bonchev–Trinajstić information content (AvgIpc) is 2.69. The minimum absolute atomic E-state index is 0.0607. The summed E-state index contributed by atoms with van der Waals surface area (Å²) in [5, 5.41) is 3.88. The van der Waals surface area contributed by atoms with Gasteiger partial charge in [0, 0.05) is 17.8 Å². The molecule has 0 fully saturated rings. The van der Waals surface area contributed by atoms with Gasteiger partial charge in [0.1, 0.15) is 0 Å². The number of carbonyl (C=O) groups excluding carboxylic acids is 2. The number of Topliss-reactive ketones (excluding diaryl/α,β-unsaturated/α-hetero) is 1. The minimum Gasteiger partial charge on any atom is -0.325 e. The Bertz CT molecular complexity index is 1090. The van der Waals surface area contributed by atoms with Gasteiger partial charge < -0.3 is 5.32 Å². The Morgan fingerprint density at radius 2 is 1.93 bits per heavy atom. The molecule has 7 heteroatoms. The second-order valence-electron chi connectivity index (χ2n) is 6.34. The number of anilines is 1. The second kappa shape index (κ2) is 8.84. The highest BCUT2D eigenvalue weighted by molar-refractivity contribution is 7.99. The third-order valence-corrected chi connectivity index (χ3v) is 5.14. The molecule has 1 heterocycles. The fourth-order valence-corrected chi connectivity index (χ4v) is 3.65. The van der Waals surface area contributed by atoms with Crippen LogP contribution in [-0.4, -0.2) is 27.0 Å². The number of benzene rings is 2. The smallest absolute Gasteiger partial charge is 0.262 e. The van der Waals surface area contributed by atoms with Crippen molar-refractivity contribution in [3.63, 3.8) is 0 Å². The molecule has 2 aromatic carbocycles. The minimum atomic E-state index is -0.226. The van der Waals surface area contributed by atoms with Crippen molar-refractivity contribution in [2.24, 2.45) is 0 Å². The molecule has 3 rings (SSSR count). The van der Waals surface area contributed by atoms with E-state index in [1.165, 1.54) is 18.7 Å². The van der Waals surface area contributed by atoms with Gasteiger partial charge in [0.2, 0.25) is 5.91 Å². The molecule has 3 aromatic rings. The number of carbonyl (C=O) groups is 2. The van der Waals surface area contributed by atoms with Gasteiger partial charge in [0.05, 0.1) is 16.7 Å². The first-order valence-electron chi connectivity index (χ1n) is 9.03. The Kier molecular flexibility index (Phi) is 6.26. The topological polar surface area (TPSA) is 81.1 Å². The Hall–Kier alpha value is -2.93. The van der Waals surface area contributed by atoms with E-state index in [-0.39, 0.29) is 23.0 Å². The van der Waals surface area contributed by atoms with Crippen LogP contribution in [0, 0.1) is 0 Å². The second-order valence-corrected chi connectivity index (χ2v) is 7.28. The molecule has 0 aliphatic carbocycles. The molecule has 144 valence electrons. The van der Waals surface area contributed by atoms with Crippen LogP contribution in [0.2, 0.25) is 0 Å². The van der Waals surface area contributed by atoms with Crippen molar-refractivity contribution in [3.05, 3.63) is 64.4 Å². The third-order valence-electron chi connectivity index (χ3n) is 4.16. The number of ketones is 1. The van der Waals surface area contributed by atoms with Crippen LogP contribution in [0.1, 0.15) is 30.6 Å². The molecular weight excluding hydrogens is 374 g/mol. The van der Waals surface area contributed by atoms with Crippen LogP contribution < -0.4 is 10.9 Å². The summed E-state index contributed by atoms with van der Waals surface area (Å²) in [5.74, 6) is -0.177. The standard InChI is InChI=1S/C21H21N3O3S/c1-3-11-24-20(27)17-9-4-5-10-18(17)23-21(24)28-13-19(26)22-16-8-6-7-15(12-16)14(2)25/h4-10,12H,3,11,13H2,1-2H3,(H,22,26). The zero-order chi connectivity index (χ0) is 20.1. The normalized spacial score (nSPS) is 10.8. The molecule has 0 aliphatic rings. The number of fused-ring (bicyclic) bond motifs is 1. The van der Waals surface area contributed by atoms with E-state index < -0.39 is 0 Å². The molecule has 28 heavy (non-hydrogen) atoms. The maximum Gasteiger partial charge on any atom is 0.262 e. The van der Waals surface area contributed by atoms with E-state index in [9.17, 15) is 14.4 Å². The van der Waals surface area contributed by atoms with Crippen molar-refractivity contribution in [2.45, 2.75) is 32.0 Å². The molecule has 0 saturated carbocycles. The monoisotopic (exact) mass is 395 g/mol. The van der Waals surface area contributed by atoms with Gasteiger partial charge in [-0.25, -0.2) is 4.98 Å². The van der Waals surface area contributed by atoms with Crippen molar-refractivity contribution in [1.82, 2.24) is 9.55 Å². The van der Waals surface area contributed by atoms with Crippen LogP contribution in [0.5, 0.6) is 0 Å². The number of nitrogens with one attached hydrogen (secondary N) is 1. The Morgan fingerprint density at radius 1 is 1.14 bits per heavy atom. The van der Waals surface area contributed by atoms with Gasteiger partial charge >= 0.3 is 0 Å². The first-order valence-corrected chi connectivity index (χ1v) is 10.0. The summed E-state index contributed by atoms with van der Waals surface area (Å²) in [4.78, 5) is 41.2. The van der Waals surface area contributed by atoms with Crippen molar-refractivity contribution < 1.29 is 9.59 Å². The van der Waals surface area contributed by atoms with Gasteiger partial charge in [-0.2, -0.15) is 0 Å². The molecule has 0 atom stereocenters. The number of aromatic nitrogens is 2.